The van der Waals surface area contributed by atoms with Gasteiger partial charge in [0.25, 0.3) is 11.8 Å². The van der Waals surface area contributed by atoms with Crippen molar-refractivity contribution in [1.29, 1.82) is 5.41 Å². The lowest BCUT2D eigenvalue weighted by Crippen LogP contribution is -2.35. The van der Waals surface area contributed by atoms with Crippen LogP contribution >= 0.6 is 0 Å². The molecule has 0 aliphatic carbocycles. The first kappa shape index (κ1) is 24.7. The molecule has 0 fully saturated rings. The second-order valence-corrected chi connectivity index (χ2v) is 6.56. The highest BCUT2D eigenvalue weighted by Gasteiger charge is 2.32. The molecule has 0 spiro atoms. The van der Waals surface area contributed by atoms with Crippen molar-refractivity contribution in [3.05, 3.63) is 70.3 Å². The maximum atomic E-state index is 14.8. The molecule has 12 heteroatoms. The number of methoxy groups -OCH3 is 1. The molecule has 1 unspecified atom stereocenters. The summed E-state index contributed by atoms with van der Waals surface area (Å²) in [6.07, 6.45) is -6.55. The number of rotatable bonds is 8. The number of benzene rings is 2. The number of alkyl halides is 3. The molecule has 0 bridgehead atoms. The van der Waals surface area contributed by atoms with Crippen molar-refractivity contribution in [2.45, 2.75) is 18.8 Å². The molecule has 0 heterocycles. The molecule has 7 nitrogen and oxygen atoms in total. The van der Waals surface area contributed by atoms with E-state index in [1.807, 2.05) is 0 Å². The Morgan fingerprint density at radius 1 is 1.09 bits per heavy atom. The number of halogens is 5. The summed E-state index contributed by atoms with van der Waals surface area (Å²) in [7, 11) is 1.00. The van der Waals surface area contributed by atoms with Crippen LogP contribution in [0, 0.1) is 17.0 Å². The van der Waals surface area contributed by atoms with Gasteiger partial charge in [-0.05, 0) is 17.7 Å². The Morgan fingerprint density at radius 3 is 2.25 bits per heavy atom. The molecule has 1 atom stereocenters. The Bertz CT molecular complexity index is 1010. The van der Waals surface area contributed by atoms with Crippen molar-refractivity contribution in [3.8, 4) is 0 Å². The van der Waals surface area contributed by atoms with Crippen LogP contribution in [0.25, 0.3) is 0 Å². The van der Waals surface area contributed by atoms with E-state index in [-0.39, 0.29) is 12.4 Å². The van der Waals surface area contributed by atoms with Crippen molar-refractivity contribution >= 4 is 17.6 Å². The first-order chi connectivity index (χ1) is 14.9. The number of nitrogen functional groups attached to an aromatic ring is 1. The smallest absolute Gasteiger partial charge is 0.384 e. The maximum Gasteiger partial charge on any atom is 0.405 e. The summed E-state index contributed by atoms with van der Waals surface area (Å²) in [6.45, 7) is -1.78. The van der Waals surface area contributed by atoms with Gasteiger partial charge in [-0.1, -0.05) is 24.3 Å². The van der Waals surface area contributed by atoms with Gasteiger partial charge in [-0.2, -0.15) is 13.2 Å². The predicted molar refractivity (Wildman–Crippen MR) is 104 cm³/mol. The minimum absolute atomic E-state index is 0.0636. The fourth-order valence-electron chi connectivity index (χ4n) is 2.70. The average Bonchev–Trinajstić information content (AvgIpc) is 2.73. The van der Waals surface area contributed by atoms with E-state index in [2.05, 4.69) is 5.32 Å². The lowest BCUT2D eigenvalue weighted by Gasteiger charge is -2.18. The zero-order valence-corrected chi connectivity index (χ0v) is 16.6. The van der Waals surface area contributed by atoms with E-state index in [1.165, 1.54) is 5.32 Å². The molecular formula is C20H19F5N4O3. The molecule has 0 radical (unpaired) electrons. The van der Waals surface area contributed by atoms with Crippen LogP contribution < -0.4 is 16.4 Å². The molecule has 5 N–H and O–H groups in total. The van der Waals surface area contributed by atoms with E-state index in [0.717, 1.165) is 7.11 Å². The third-order valence-electron chi connectivity index (χ3n) is 4.29. The molecule has 0 saturated carbocycles. The lowest BCUT2D eigenvalue weighted by atomic mass is 10.0. The van der Waals surface area contributed by atoms with Gasteiger partial charge < -0.3 is 21.1 Å². The summed E-state index contributed by atoms with van der Waals surface area (Å²) >= 11 is 0. The van der Waals surface area contributed by atoms with Crippen molar-refractivity contribution in [1.82, 2.24) is 10.6 Å². The summed E-state index contributed by atoms with van der Waals surface area (Å²) < 4.78 is 70.9. The summed E-state index contributed by atoms with van der Waals surface area (Å²) in [5, 5.41) is 11.2. The Kier molecular flexibility index (Phi) is 7.87. The van der Waals surface area contributed by atoms with Crippen molar-refractivity contribution in [3.63, 3.8) is 0 Å². The van der Waals surface area contributed by atoms with E-state index in [0.29, 0.717) is 23.3 Å². The molecule has 2 aromatic carbocycles. The average molecular weight is 458 g/mol. The molecule has 2 rings (SSSR count). The minimum atomic E-state index is -4.73. The molecule has 0 aliphatic heterocycles. The molecular weight excluding hydrogens is 439 g/mol. The maximum absolute atomic E-state index is 14.8. The van der Waals surface area contributed by atoms with E-state index >= 15 is 0 Å². The number of hydrogen-bond acceptors (Lipinski definition) is 4. The monoisotopic (exact) mass is 458 g/mol. The number of nitrogens with two attached hydrogens (primary N) is 1. The highest BCUT2D eigenvalue weighted by Crippen LogP contribution is 2.26. The SMILES string of the molecule is COC(C(=O)NCc1ccc(C(=N)N)cc1)c1c(F)ccc(C(=O)NCC(F)(F)F)c1F. The van der Waals surface area contributed by atoms with E-state index in [4.69, 9.17) is 15.9 Å². The highest BCUT2D eigenvalue weighted by atomic mass is 19.4. The van der Waals surface area contributed by atoms with E-state index in [1.54, 1.807) is 24.3 Å². The van der Waals surface area contributed by atoms with Crippen LogP contribution in [0.5, 0.6) is 0 Å². The van der Waals surface area contributed by atoms with Crippen LogP contribution in [-0.4, -0.2) is 37.5 Å². The molecule has 0 aliphatic rings. The quantitative estimate of drug-likeness (QED) is 0.276. The van der Waals surface area contributed by atoms with Gasteiger partial charge in [0.05, 0.1) is 11.1 Å². The normalized spacial score (nSPS) is 12.2. The number of carbonyl (C=O) groups excluding carboxylic acids is 2. The largest absolute Gasteiger partial charge is 0.405 e. The summed E-state index contributed by atoms with van der Waals surface area (Å²) in [6, 6.07) is 7.55. The summed E-state index contributed by atoms with van der Waals surface area (Å²) in [5.41, 5.74) is 4.60. The second-order valence-electron chi connectivity index (χ2n) is 6.56. The molecule has 0 saturated heterocycles. The first-order valence-electron chi connectivity index (χ1n) is 9.01. The first-order valence-corrected chi connectivity index (χ1v) is 9.01. The molecule has 0 aromatic heterocycles. The zero-order valence-electron chi connectivity index (χ0n) is 16.6. The zero-order chi connectivity index (χ0) is 24.1. The van der Waals surface area contributed by atoms with E-state index in [9.17, 15) is 31.5 Å². The fraction of sp³-hybridized carbons (Fsp3) is 0.250. The van der Waals surface area contributed by atoms with Gasteiger partial charge in [-0.25, -0.2) is 8.78 Å². The predicted octanol–water partition coefficient (Wildman–Crippen LogP) is 2.54. The van der Waals surface area contributed by atoms with Crippen LogP contribution in [0.2, 0.25) is 0 Å². The van der Waals surface area contributed by atoms with Gasteiger partial charge in [-0.3, -0.25) is 15.0 Å². The Morgan fingerprint density at radius 2 is 1.72 bits per heavy atom. The number of amidine groups is 1. The fourth-order valence-corrected chi connectivity index (χ4v) is 2.70. The Hall–Kier alpha value is -3.54. The molecule has 2 amide bonds. The number of hydrogen-bond donors (Lipinski definition) is 4. The summed E-state index contributed by atoms with van der Waals surface area (Å²) in [5.74, 6) is -5.26. The van der Waals surface area contributed by atoms with Gasteiger partial charge in [0, 0.05) is 19.2 Å². The van der Waals surface area contributed by atoms with Crippen molar-refractivity contribution in [2.24, 2.45) is 5.73 Å². The molecule has 32 heavy (non-hydrogen) atoms. The lowest BCUT2D eigenvalue weighted by molar-refractivity contribution is -0.132. The number of amides is 2. The number of carbonyl (C=O) groups is 2. The second kappa shape index (κ2) is 10.2. The van der Waals surface area contributed by atoms with Gasteiger partial charge >= 0.3 is 6.18 Å². The topological polar surface area (TPSA) is 117 Å². The van der Waals surface area contributed by atoms with Gasteiger partial charge in [0.2, 0.25) is 0 Å². The van der Waals surface area contributed by atoms with Crippen LogP contribution in [0.1, 0.15) is 33.2 Å². The van der Waals surface area contributed by atoms with Gasteiger partial charge in [0.1, 0.15) is 24.0 Å². The third kappa shape index (κ3) is 6.23. The van der Waals surface area contributed by atoms with Crippen LogP contribution in [0.4, 0.5) is 22.0 Å². The third-order valence-corrected chi connectivity index (χ3v) is 4.29. The van der Waals surface area contributed by atoms with Crippen LogP contribution in [0.15, 0.2) is 36.4 Å². The number of nitrogens with one attached hydrogen (secondary N) is 3. The Labute approximate surface area is 179 Å². The summed E-state index contributed by atoms with van der Waals surface area (Å²) in [4.78, 5) is 24.4. The Balaban J connectivity index is 2.20. The highest BCUT2D eigenvalue weighted by molar-refractivity contribution is 5.95. The van der Waals surface area contributed by atoms with Gasteiger partial charge in [0.15, 0.2) is 6.10 Å². The number of ether oxygens (including phenoxy) is 1. The molecule has 172 valence electrons. The van der Waals surface area contributed by atoms with Crippen molar-refractivity contribution in [2.75, 3.05) is 13.7 Å². The van der Waals surface area contributed by atoms with Gasteiger partial charge in [-0.15, -0.1) is 0 Å². The van der Waals surface area contributed by atoms with E-state index < -0.39 is 53.4 Å². The van der Waals surface area contributed by atoms with Crippen LogP contribution in [0.3, 0.4) is 0 Å². The molecule has 2 aromatic rings. The van der Waals surface area contributed by atoms with Crippen molar-refractivity contribution < 1.29 is 36.3 Å². The minimum Gasteiger partial charge on any atom is -0.384 e. The standard InChI is InChI=1S/C20H19F5N4O3/c1-32-16(19(31)28-8-10-2-4-11(5-3-10)17(26)27)14-13(21)7-6-12(15(14)22)18(30)29-9-20(23,24)25/h2-7,16H,8-9H2,1H3,(H3,26,27)(H,28,31)(H,29,30). The van der Waals surface area contributed by atoms with Crippen LogP contribution in [-0.2, 0) is 16.1 Å².